The molecule has 1 saturated heterocycles. The lowest BCUT2D eigenvalue weighted by molar-refractivity contribution is -0.123. The maximum absolute atomic E-state index is 13.1. The zero-order valence-corrected chi connectivity index (χ0v) is 16.1. The van der Waals surface area contributed by atoms with Gasteiger partial charge in [-0.3, -0.25) is 9.69 Å². The Morgan fingerprint density at radius 3 is 2.50 bits per heavy atom. The summed E-state index contributed by atoms with van der Waals surface area (Å²) < 4.78 is 18.9. The highest BCUT2D eigenvalue weighted by atomic mass is 19.1. The van der Waals surface area contributed by atoms with Gasteiger partial charge in [0.1, 0.15) is 5.82 Å². The molecule has 1 aromatic heterocycles. The number of carbonyl (C=O) groups excluding carboxylic acids is 1. The van der Waals surface area contributed by atoms with Crippen LogP contribution in [0.2, 0.25) is 0 Å². The number of piperidine rings is 1. The molecule has 0 radical (unpaired) electrons. The van der Waals surface area contributed by atoms with E-state index in [9.17, 15) is 9.18 Å². The first kappa shape index (κ1) is 19.1. The standard InChI is InChI=1S/C21H27FN4O2/c22-17-8-6-15(7-9-17)20-24-25-21(28-20)16-10-12-26(13-11-16)14-19(27)23-18-4-2-1-3-5-18/h6-9,16,18H,1-5,10-14H2,(H,23,27). The summed E-state index contributed by atoms with van der Waals surface area (Å²) in [6.07, 6.45) is 7.74. The van der Waals surface area contributed by atoms with Crippen LogP contribution < -0.4 is 5.32 Å². The fourth-order valence-electron chi connectivity index (χ4n) is 4.17. The number of nitrogens with one attached hydrogen (secondary N) is 1. The van der Waals surface area contributed by atoms with Gasteiger partial charge in [-0.05, 0) is 63.0 Å². The van der Waals surface area contributed by atoms with Gasteiger partial charge in [-0.1, -0.05) is 19.3 Å². The predicted molar refractivity (Wildman–Crippen MR) is 103 cm³/mol. The van der Waals surface area contributed by atoms with Crippen LogP contribution in [0.1, 0.15) is 56.8 Å². The van der Waals surface area contributed by atoms with Gasteiger partial charge in [0.15, 0.2) is 0 Å². The maximum Gasteiger partial charge on any atom is 0.247 e. The van der Waals surface area contributed by atoms with Crippen molar-refractivity contribution in [2.45, 2.75) is 56.9 Å². The predicted octanol–water partition coefficient (Wildman–Crippen LogP) is 3.50. The number of halogens is 1. The van der Waals surface area contributed by atoms with E-state index in [0.29, 0.717) is 24.4 Å². The lowest BCUT2D eigenvalue weighted by atomic mass is 9.95. The smallest absolute Gasteiger partial charge is 0.247 e. The first-order valence-corrected chi connectivity index (χ1v) is 10.3. The fraction of sp³-hybridized carbons (Fsp3) is 0.571. The lowest BCUT2D eigenvalue weighted by Gasteiger charge is -2.30. The van der Waals surface area contributed by atoms with Gasteiger partial charge >= 0.3 is 0 Å². The number of carbonyl (C=O) groups is 1. The van der Waals surface area contributed by atoms with E-state index < -0.39 is 0 Å². The summed E-state index contributed by atoms with van der Waals surface area (Å²) >= 11 is 0. The summed E-state index contributed by atoms with van der Waals surface area (Å²) in [5, 5.41) is 11.5. The molecule has 4 rings (SSSR count). The molecular formula is C21H27FN4O2. The zero-order valence-electron chi connectivity index (χ0n) is 16.1. The molecule has 1 aliphatic carbocycles. The van der Waals surface area contributed by atoms with Crippen LogP contribution in [0.15, 0.2) is 28.7 Å². The Hall–Kier alpha value is -2.28. The third-order valence-electron chi connectivity index (χ3n) is 5.81. The Morgan fingerprint density at radius 2 is 1.79 bits per heavy atom. The highest BCUT2D eigenvalue weighted by molar-refractivity contribution is 5.78. The Kier molecular flexibility index (Phi) is 6.00. The molecule has 0 spiro atoms. The Morgan fingerprint density at radius 1 is 1.07 bits per heavy atom. The summed E-state index contributed by atoms with van der Waals surface area (Å²) in [5.74, 6) is 1.11. The Bertz CT molecular complexity index is 778. The van der Waals surface area contributed by atoms with Gasteiger partial charge in [-0.2, -0.15) is 0 Å². The number of benzene rings is 1. The quantitative estimate of drug-likeness (QED) is 0.852. The Labute approximate surface area is 164 Å². The molecular weight excluding hydrogens is 359 g/mol. The van der Waals surface area contributed by atoms with Crippen molar-refractivity contribution in [3.63, 3.8) is 0 Å². The molecule has 2 fully saturated rings. The van der Waals surface area contributed by atoms with Crippen molar-refractivity contribution in [2.24, 2.45) is 0 Å². The van der Waals surface area contributed by atoms with Gasteiger partial charge in [0.05, 0.1) is 6.54 Å². The van der Waals surface area contributed by atoms with E-state index in [1.54, 1.807) is 12.1 Å². The molecule has 7 heteroatoms. The van der Waals surface area contributed by atoms with Crippen LogP contribution in [0.5, 0.6) is 0 Å². The largest absolute Gasteiger partial charge is 0.420 e. The summed E-state index contributed by atoms with van der Waals surface area (Å²) in [7, 11) is 0. The van der Waals surface area contributed by atoms with Gasteiger partial charge in [-0.25, -0.2) is 4.39 Å². The van der Waals surface area contributed by atoms with Gasteiger partial charge < -0.3 is 9.73 Å². The first-order chi connectivity index (χ1) is 13.7. The van der Waals surface area contributed by atoms with Crippen LogP contribution in [-0.4, -0.2) is 46.7 Å². The number of aromatic nitrogens is 2. The van der Waals surface area contributed by atoms with Crippen LogP contribution in [-0.2, 0) is 4.79 Å². The normalized spacial score (nSPS) is 19.6. The minimum atomic E-state index is -0.289. The molecule has 1 aliphatic heterocycles. The van der Waals surface area contributed by atoms with Crippen molar-refractivity contribution in [1.29, 1.82) is 0 Å². The summed E-state index contributed by atoms with van der Waals surface area (Å²) in [6.45, 7) is 2.15. The van der Waals surface area contributed by atoms with Crippen LogP contribution in [0.4, 0.5) is 4.39 Å². The van der Waals surface area contributed by atoms with E-state index in [-0.39, 0.29) is 17.6 Å². The number of nitrogens with zero attached hydrogens (tertiary/aromatic N) is 3. The highest BCUT2D eigenvalue weighted by Gasteiger charge is 2.26. The van der Waals surface area contributed by atoms with Crippen molar-refractivity contribution >= 4 is 5.91 Å². The number of amides is 1. The monoisotopic (exact) mass is 386 g/mol. The Balaban J connectivity index is 1.26. The number of hydrogen-bond acceptors (Lipinski definition) is 5. The molecule has 0 atom stereocenters. The molecule has 2 aromatic rings. The minimum Gasteiger partial charge on any atom is -0.420 e. The van der Waals surface area contributed by atoms with Crippen molar-refractivity contribution in [3.05, 3.63) is 36.0 Å². The van der Waals surface area contributed by atoms with E-state index in [4.69, 9.17) is 4.42 Å². The van der Waals surface area contributed by atoms with E-state index in [1.165, 1.54) is 31.4 Å². The van der Waals surface area contributed by atoms with E-state index in [2.05, 4.69) is 20.4 Å². The summed E-state index contributed by atoms with van der Waals surface area (Å²) in [5.41, 5.74) is 0.719. The molecule has 28 heavy (non-hydrogen) atoms. The van der Waals surface area contributed by atoms with Gasteiger partial charge in [0.2, 0.25) is 17.7 Å². The topological polar surface area (TPSA) is 71.3 Å². The third kappa shape index (κ3) is 4.76. The molecule has 0 bridgehead atoms. The van der Waals surface area contributed by atoms with Crippen molar-refractivity contribution < 1.29 is 13.6 Å². The van der Waals surface area contributed by atoms with Gasteiger partial charge in [0.25, 0.3) is 0 Å². The summed E-state index contributed by atoms with van der Waals surface area (Å²) in [4.78, 5) is 14.5. The second kappa shape index (κ2) is 8.82. The maximum atomic E-state index is 13.1. The molecule has 1 saturated carbocycles. The minimum absolute atomic E-state index is 0.140. The molecule has 6 nitrogen and oxygen atoms in total. The summed E-state index contributed by atoms with van der Waals surface area (Å²) in [6, 6.07) is 6.41. The number of rotatable bonds is 5. The van der Waals surface area contributed by atoms with Gasteiger partial charge in [0, 0.05) is 17.5 Å². The fourth-order valence-corrected chi connectivity index (χ4v) is 4.17. The van der Waals surface area contributed by atoms with Crippen LogP contribution in [0, 0.1) is 5.82 Å². The third-order valence-corrected chi connectivity index (χ3v) is 5.81. The molecule has 2 aliphatic rings. The van der Waals surface area contributed by atoms with Gasteiger partial charge in [-0.15, -0.1) is 10.2 Å². The number of hydrogen-bond donors (Lipinski definition) is 1. The number of likely N-dealkylation sites (tertiary alicyclic amines) is 1. The van der Waals surface area contributed by atoms with E-state index in [1.807, 2.05) is 0 Å². The average Bonchev–Trinajstić information content (AvgIpc) is 3.20. The lowest BCUT2D eigenvalue weighted by Crippen LogP contribution is -2.44. The second-order valence-electron chi connectivity index (χ2n) is 7.91. The molecule has 0 unspecified atom stereocenters. The van der Waals surface area contributed by atoms with Crippen molar-refractivity contribution in [3.8, 4) is 11.5 Å². The molecule has 150 valence electrons. The molecule has 1 N–H and O–H groups in total. The zero-order chi connectivity index (χ0) is 19.3. The average molecular weight is 386 g/mol. The highest BCUT2D eigenvalue weighted by Crippen LogP contribution is 2.29. The van der Waals surface area contributed by atoms with Crippen molar-refractivity contribution in [2.75, 3.05) is 19.6 Å². The van der Waals surface area contributed by atoms with E-state index >= 15 is 0 Å². The van der Waals surface area contributed by atoms with Crippen LogP contribution >= 0.6 is 0 Å². The first-order valence-electron chi connectivity index (χ1n) is 10.3. The molecule has 2 heterocycles. The second-order valence-corrected chi connectivity index (χ2v) is 7.91. The van der Waals surface area contributed by atoms with Crippen LogP contribution in [0.3, 0.4) is 0 Å². The molecule has 1 aromatic carbocycles. The van der Waals surface area contributed by atoms with Crippen LogP contribution in [0.25, 0.3) is 11.5 Å². The van der Waals surface area contributed by atoms with Crippen molar-refractivity contribution in [1.82, 2.24) is 20.4 Å². The molecule has 1 amide bonds. The van der Waals surface area contributed by atoms with E-state index in [0.717, 1.165) is 44.3 Å². The SMILES string of the molecule is O=C(CN1CCC(c2nnc(-c3ccc(F)cc3)o2)CC1)NC1CCCCC1.